The lowest BCUT2D eigenvalue weighted by Gasteiger charge is -2.12. The molecule has 0 amide bonds. The number of aromatic nitrogens is 1. The van der Waals surface area contributed by atoms with Crippen LogP contribution in [0.2, 0.25) is 0 Å². The minimum absolute atomic E-state index is 0.0648. The van der Waals surface area contributed by atoms with Crippen molar-refractivity contribution in [3.8, 4) is 17.1 Å². The van der Waals surface area contributed by atoms with E-state index in [1.807, 2.05) is 24.3 Å². The summed E-state index contributed by atoms with van der Waals surface area (Å²) in [5.74, 6) is 2.38. The first-order valence-corrected chi connectivity index (χ1v) is 5.61. The van der Waals surface area contributed by atoms with E-state index in [-0.39, 0.29) is 5.41 Å². The highest BCUT2D eigenvalue weighted by atomic mass is 16.5. The Balaban J connectivity index is 2.30. The van der Waals surface area contributed by atoms with Gasteiger partial charge in [-0.1, -0.05) is 20.8 Å². The smallest absolute Gasteiger partial charge is 0.200 e. The van der Waals surface area contributed by atoms with Crippen LogP contribution in [0.3, 0.4) is 0 Å². The monoisotopic (exact) mass is 231 g/mol. The standard InChI is InChI=1S/C14H17NO2/c1-14(2,3)13-15-9-12(17-13)10-5-7-11(16-4)8-6-10/h5-9H,1-4H3. The van der Waals surface area contributed by atoms with Crippen LogP contribution in [0, 0.1) is 0 Å². The van der Waals surface area contributed by atoms with E-state index in [1.54, 1.807) is 13.3 Å². The Labute approximate surface area is 101 Å². The summed E-state index contributed by atoms with van der Waals surface area (Å²) in [6, 6.07) is 7.75. The van der Waals surface area contributed by atoms with Crippen molar-refractivity contribution in [3.63, 3.8) is 0 Å². The molecule has 0 aliphatic heterocycles. The maximum Gasteiger partial charge on any atom is 0.200 e. The van der Waals surface area contributed by atoms with Gasteiger partial charge in [0.15, 0.2) is 11.7 Å². The summed E-state index contributed by atoms with van der Waals surface area (Å²) in [5.41, 5.74) is 0.943. The van der Waals surface area contributed by atoms with Gasteiger partial charge in [0.1, 0.15) is 5.75 Å². The molecule has 0 unspecified atom stereocenters. The third kappa shape index (κ3) is 2.49. The van der Waals surface area contributed by atoms with Crippen molar-refractivity contribution in [3.05, 3.63) is 36.4 Å². The second kappa shape index (κ2) is 4.24. The van der Waals surface area contributed by atoms with Gasteiger partial charge in [-0.05, 0) is 24.3 Å². The van der Waals surface area contributed by atoms with E-state index in [9.17, 15) is 0 Å². The summed E-state index contributed by atoms with van der Waals surface area (Å²) < 4.78 is 10.9. The molecule has 2 rings (SSSR count). The Bertz CT molecular complexity index is 492. The molecule has 0 saturated carbocycles. The highest BCUT2D eigenvalue weighted by molar-refractivity contribution is 5.57. The van der Waals surface area contributed by atoms with Gasteiger partial charge in [0.2, 0.25) is 0 Å². The summed E-state index contributed by atoms with van der Waals surface area (Å²) in [6.07, 6.45) is 1.77. The maximum absolute atomic E-state index is 5.76. The molecular weight excluding hydrogens is 214 g/mol. The third-order valence-corrected chi connectivity index (χ3v) is 2.52. The zero-order valence-corrected chi connectivity index (χ0v) is 10.7. The molecule has 90 valence electrons. The molecule has 3 nitrogen and oxygen atoms in total. The predicted molar refractivity (Wildman–Crippen MR) is 67.2 cm³/mol. The van der Waals surface area contributed by atoms with Crippen molar-refractivity contribution in [2.45, 2.75) is 26.2 Å². The number of nitrogens with zero attached hydrogens (tertiary/aromatic N) is 1. The molecule has 0 fully saturated rings. The molecule has 0 spiro atoms. The van der Waals surface area contributed by atoms with Gasteiger partial charge in [-0.2, -0.15) is 0 Å². The number of hydrogen-bond donors (Lipinski definition) is 0. The van der Waals surface area contributed by atoms with E-state index < -0.39 is 0 Å². The van der Waals surface area contributed by atoms with Crippen LogP contribution in [0.25, 0.3) is 11.3 Å². The molecule has 2 aromatic rings. The number of hydrogen-bond acceptors (Lipinski definition) is 3. The fourth-order valence-corrected chi connectivity index (χ4v) is 1.51. The molecule has 0 N–H and O–H groups in total. The van der Waals surface area contributed by atoms with Crippen molar-refractivity contribution in [1.29, 1.82) is 0 Å². The SMILES string of the molecule is COc1ccc(-c2cnc(C(C)(C)C)o2)cc1. The Morgan fingerprint density at radius 1 is 1.12 bits per heavy atom. The lowest BCUT2D eigenvalue weighted by molar-refractivity contribution is 0.399. The molecule has 0 saturated heterocycles. The first kappa shape index (κ1) is 11.7. The van der Waals surface area contributed by atoms with Crippen LogP contribution in [0.15, 0.2) is 34.9 Å². The molecule has 0 bridgehead atoms. The van der Waals surface area contributed by atoms with Gasteiger partial charge in [-0.15, -0.1) is 0 Å². The van der Waals surface area contributed by atoms with Gasteiger partial charge in [-0.25, -0.2) is 4.98 Å². The van der Waals surface area contributed by atoms with Crippen molar-refractivity contribution < 1.29 is 9.15 Å². The molecular formula is C14H17NO2. The fraction of sp³-hybridized carbons (Fsp3) is 0.357. The summed E-state index contributed by atoms with van der Waals surface area (Å²) in [6.45, 7) is 6.24. The van der Waals surface area contributed by atoms with Crippen molar-refractivity contribution in [2.75, 3.05) is 7.11 Å². The maximum atomic E-state index is 5.76. The van der Waals surface area contributed by atoms with Crippen LogP contribution in [0.1, 0.15) is 26.7 Å². The van der Waals surface area contributed by atoms with Crippen LogP contribution >= 0.6 is 0 Å². The first-order chi connectivity index (χ1) is 8.00. The third-order valence-electron chi connectivity index (χ3n) is 2.52. The molecule has 1 aromatic carbocycles. The summed E-state index contributed by atoms with van der Waals surface area (Å²) >= 11 is 0. The minimum Gasteiger partial charge on any atom is -0.497 e. The van der Waals surface area contributed by atoms with Gasteiger partial charge in [0.05, 0.1) is 13.3 Å². The fourth-order valence-electron chi connectivity index (χ4n) is 1.51. The van der Waals surface area contributed by atoms with Crippen LogP contribution in [-0.2, 0) is 5.41 Å². The van der Waals surface area contributed by atoms with E-state index >= 15 is 0 Å². The average Bonchev–Trinajstić information content (AvgIpc) is 2.78. The minimum atomic E-state index is -0.0648. The number of ether oxygens (including phenoxy) is 1. The van der Waals surface area contributed by atoms with Crippen LogP contribution < -0.4 is 4.74 Å². The van der Waals surface area contributed by atoms with Crippen LogP contribution in [0.5, 0.6) is 5.75 Å². The number of oxazole rings is 1. The normalized spacial score (nSPS) is 11.5. The molecule has 1 aromatic heterocycles. The Morgan fingerprint density at radius 3 is 2.24 bits per heavy atom. The Hall–Kier alpha value is -1.77. The van der Waals surface area contributed by atoms with E-state index in [2.05, 4.69) is 25.8 Å². The van der Waals surface area contributed by atoms with E-state index in [4.69, 9.17) is 9.15 Å². The molecule has 3 heteroatoms. The quantitative estimate of drug-likeness (QED) is 0.791. The lowest BCUT2D eigenvalue weighted by Crippen LogP contribution is -2.10. The molecule has 0 aliphatic rings. The second-order valence-corrected chi connectivity index (χ2v) is 5.01. The highest BCUT2D eigenvalue weighted by Crippen LogP contribution is 2.27. The van der Waals surface area contributed by atoms with Crippen molar-refractivity contribution in [1.82, 2.24) is 4.98 Å². The second-order valence-electron chi connectivity index (χ2n) is 5.01. The summed E-state index contributed by atoms with van der Waals surface area (Å²) in [4.78, 5) is 4.31. The van der Waals surface area contributed by atoms with E-state index in [0.29, 0.717) is 0 Å². The number of rotatable bonds is 2. The first-order valence-electron chi connectivity index (χ1n) is 5.61. The Morgan fingerprint density at radius 2 is 1.76 bits per heavy atom. The Kier molecular flexibility index (Phi) is 2.92. The number of methoxy groups -OCH3 is 1. The van der Waals surface area contributed by atoms with Gasteiger partial charge in [0, 0.05) is 11.0 Å². The lowest BCUT2D eigenvalue weighted by atomic mass is 9.97. The molecule has 0 radical (unpaired) electrons. The molecule has 1 heterocycles. The van der Waals surface area contributed by atoms with E-state index in [0.717, 1.165) is 23.0 Å². The average molecular weight is 231 g/mol. The molecule has 0 atom stereocenters. The van der Waals surface area contributed by atoms with Gasteiger partial charge in [-0.3, -0.25) is 0 Å². The topological polar surface area (TPSA) is 35.3 Å². The zero-order chi connectivity index (χ0) is 12.5. The van der Waals surface area contributed by atoms with Crippen molar-refractivity contribution in [2.24, 2.45) is 0 Å². The molecule has 0 aliphatic carbocycles. The largest absolute Gasteiger partial charge is 0.497 e. The molecule has 17 heavy (non-hydrogen) atoms. The zero-order valence-electron chi connectivity index (χ0n) is 10.7. The summed E-state index contributed by atoms with van der Waals surface area (Å²) in [7, 11) is 1.65. The van der Waals surface area contributed by atoms with Gasteiger partial charge < -0.3 is 9.15 Å². The van der Waals surface area contributed by atoms with Gasteiger partial charge >= 0.3 is 0 Å². The highest BCUT2D eigenvalue weighted by Gasteiger charge is 2.20. The van der Waals surface area contributed by atoms with Crippen LogP contribution in [-0.4, -0.2) is 12.1 Å². The van der Waals surface area contributed by atoms with E-state index in [1.165, 1.54) is 0 Å². The van der Waals surface area contributed by atoms with Crippen LogP contribution in [0.4, 0.5) is 0 Å². The predicted octanol–water partition coefficient (Wildman–Crippen LogP) is 3.65. The van der Waals surface area contributed by atoms with Crippen molar-refractivity contribution >= 4 is 0 Å². The summed E-state index contributed by atoms with van der Waals surface area (Å²) in [5, 5.41) is 0. The number of benzene rings is 1. The van der Waals surface area contributed by atoms with Gasteiger partial charge in [0.25, 0.3) is 0 Å².